The second kappa shape index (κ2) is 2.74. The lowest BCUT2D eigenvalue weighted by Crippen LogP contribution is -2.45. The zero-order valence-electron chi connectivity index (χ0n) is 7.25. The Balaban J connectivity index is 3.37. The maximum Gasteiger partial charge on any atom is 0.328 e. The highest BCUT2D eigenvalue weighted by Crippen LogP contribution is 2.17. The number of nitrogens with one attached hydrogen (secondary N) is 1. The molecule has 1 rings (SSSR count). The first-order valence-electron chi connectivity index (χ1n) is 3.58. The highest BCUT2D eigenvalue weighted by molar-refractivity contribution is 5.79. The minimum absolute atomic E-state index is 0.0556. The lowest BCUT2D eigenvalue weighted by Gasteiger charge is -2.16. The molecule has 0 aliphatic heterocycles. The highest BCUT2D eigenvalue weighted by Gasteiger charge is 2.36. The average Bonchev–Trinajstić information content (AvgIpc) is 2.30. The number of hydrogen-bond acceptors (Lipinski definition) is 4. The van der Waals surface area contributed by atoms with E-state index in [1.165, 1.54) is 13.8 Å². The topological polar surface area (TPSA) is 109 Å². The Morgan fingerprint density at radius 1 is 1.69 bits per heavy atom. The molecular formula is C7H10N2O4. The number of nitrogens with two attached hydrogens (primary N) is 1. The first-order valence-corrected chi connectivity index (χ1v) is 3.58. The molecule has 1 atom stereocenters. The van der Waals surface area contributed by atoms with Gasteiger partial charge < -0.3 is 15.4 Å². The van der Waals surface area contributed by atoms with E-state index in [1.54, 1.807) is 0 Å². The van der Waals surface area contributed by atoms with Crippen LogP contribution in [0.3, 0.4) is 0 Å². The first-order chi connectivity index (χ1) is 5.87. The van der Waals surface area contributed by atoms with E-state index >= 15 is 0 Å². The van der Waals surface area contributed by atoms with Gasteiger partial charge in [-0.15, -0.1) is 0 Å². The first kappa shape index (κ1) is 9.53. The van der Waals surface area contributed by atoms with Crippen LogP contribution in [0.2, 0.25) is 0 Å². The molecule has 4 N–H and O–H groups in total. The van der Waals surface area contributed by atoms with Gasteiger partial charge in [0.15, 0.2) is 0 Å². The van der Waals surface area contributed by atoms with Crippen molar-refractivity contribution >= 4 is 5.97 Å². The third-order valence-electron chi connectivity index (χ3n) is 1.84. The van der Waals surface area contributed by atoms with Crippen LogP contribution in [0.25, 0.3) is 0 Å². The summed E-state index contributed by atoms with van der Waals surface area (Å²) < 4.78 is 4.65. The number of aromatic amines is 1. The van der Waals surface area contributed by atoms with Crippen molar-refractivity contribution in [2.24, 2.45) is 5.73 Å². The van der Waals surface area contributed by atoms with Gasteiger partial charge in [-0.2, -0.15) is 5.16 Å². The summed E-state index contributed by atoms with van der Waals surface area (Å²) in [5, 5.41) is 10.8. The number of carboxylic acid groups (broad SMARTS) is 1. The molecule has 0 saturated heterocycles. The molecule has 1 heterocycles. The molecule has 1 aromatic heterocycles. The molecule has 0 spiro atoms. The van der Waals surface area contributed by atoms with Gasteiger partial charge in [-0.1, -0.05) is 0 Å². The Hall–Kier alpha value is -1.56. The largest absolute Gasteiger partial charge is 0.480 e. The predicted molar refractivity (Wildman–Crippen MR) is 43.2 cm³/mol. The van der Waals surface area contributed by atoms with Gasteiger partial charge in [0.2, 0.25) is 0 Å². The maximum atomic E-state index is 11.1. The van der Waals surface area contributed by atoms with Crippen molar-refractivity contribution in [3.05, 3.63) is 21.7 Å². The molecule has 0 aliphatic rings. The summed E-state index contributed by atoms with van der Waals surface area (Å²) in [4.78, 5) is 21.8. The summed E-state index contributed by atoms with van der Waals surface area (Å²) >= 11 is 0. The second-order valence-electron chi connectivity index (χ2n) is 2.97. The van der Waals surface area contributed by atoms with E-state index in [4.69, 9.17) is 10.8 Å². The van der Waals surface area contributed by atoms with Crippen LogP contribution in [0.5, 0.6) is 0 Å². The molecule has 1 aromatic rings. The Labute approximate surface area is 73.3 Å². The van der Waals surface area contributed by atoms with Crippen molar-refractivity contribution in [2.75, 3.05) is 0 Å². The summed E-state index contributed by atoms with van der Waals surface area (Å²) in [6.07, 6.45) is 0. The van der Waals surface area contributed by atoms with Crippen LogP contribution in [-0.4, -0.2) is 16.2 Å². The minimum Gasteiger partial charge on any atom is -0.480 e. The molecule has 0 fully saturated rings. The summed E-state index contributed by atoms with van der Waals surface area (Å²) in [5.41, 5.74) is 3.07. The molecule has 6 nitrogen and oxygen atoms in total. The predicted octanol–water partition coefficient (Wildman–Crippen LogP) is -0.465. The normalized spacial score (nSPS) is 15.3. The van der Waals surface area contributed by atoms with Crippen molar-refractivity contribution in [1.82, 2.24) is 5.16 Å². The lowest BCUT2D eigenvalue weighted by molar-refractivity contribution is -0.143. The SMILES string of the molecule is Cc1o[nH]c(=O)c1C(C)(N)C(=O)O. The summed E-state index contributed by atoms with van der Waals surface area (Å²) in [6, 6.07) is 0. The summed E-state index contributed by atoms with van der Waals surface area (Å²) in [7, 11) is 0. The third kappa shape index (κ3) is 1.35. The van der Waals surface area contributed by atoms with Gasteiger partial charge in [-0.3, -0.25) is 4.79 Å². The van der Waals surface area contributed by atoms with Gasteiger partial charge in [0, 0.05) is 0 Å². The van der Waals surface area contributed by atoms with Crippen molar-refractivity contribution in [3.63, 3.8) is 0 Å². The maximum absolute atomic E-state index is 11.1. The fraction of sp³-hybridized carbons (Fsp3) is 0.429. The van der Waals surface area contributed by atoms with Crippen LogP contribution in [0, 0.1) is 6.92 Å². The van der Waals surface area contributed by atoms with Crippen LogP contribution < -0.4 is 11.3 Å². The minimum atomic E-state index is -1.72. The van der Waals surface area contributed by atoms with Crippen LogP contribution in [0.15, 0.2) is 9.32 Å². The van der Waals surface area contributed by atoms with Crippen molar-refractivity contribution in [3.8, 4) is 0 Å². The molecule has 0 amide bonds. The van der Waals surface area contributed by atoms with E-state index in [9.17, 15) is 9.59 Å². The number of hydrogen-bond donors (Lipinski definition) is 3. The quantitative estimate of drug-likeness (QED) is 0.578. The Kier molecular flexibility index (Phi) is 2.01. The molecular weight excluding hydrogens is 176 g/mol. The fourth-order valence-electron chi connectivity index (χ4n) is 1.09. The Morgan fingerprint density at radius 3 is 2.54 bits per heavy atom. The van der Waals surface area contributed by atoms with E-state index in [0.717, 1.165) is 0 Å². The number of aliphatic carboxylic acids is 1. The van der Waals surface area contributed by atoms with Gasteiger partial charge in [-0.05, 0) is 13.8 Å². The molecule has 72 valence electrons. The number of aryl methyl sites for hydroxylation is 1. The molecule has 0 radical (unpaired) electrons. The van der Waals surface area contributed by atoms with Gasteiger partial charge >= 0.3 is 5.97 Å². The number of carboxylic acids is 1. The standard InChI is InChI=1S/C7H10N2O4/c1-3-4(5(10)9-13-3)7(2,8)6(11)12/h8H2,1-2H3,(H,9,10)(H,11,12). The molecule has 1 unspecified atom stereocenters. The Morgan fingerprint density at radius 2 is 2.23 bits per heavy atom. The Bertz CT molecular complexity index is 387. The van der Waals surface area contributed by atoms with E-state index in [0.29, 0.717) is 0 Å². The average molecular weight is 186 g/mol. The number of aromatic nitrogens is 1. The van der Waals surface area contributed by atoms with Gasteiger partial charge in [0.1, 0.15) is 11.3 Å². The van der Waals surface area contributed by atoms with Crippen LogP contribution in [0.1, 0.15) is 18.2 Å². The van der Waals surface area contributed by atoms with E-state index in [2.05, 4.69) is 4.52 Å². The van der Waals surface area contributed by atoms with Gasteiger partial charge in [0.05, 0.1) is 5.56 Å². The smallest absolute Gasteiger partial charge is 0.328 e. The van der Waals surface area contributed by atoms with Crippen LogP contribution in [0.4, 0.5) is 0 Å². The number of rotatable bonds is 2. The van der Waals surface area contributed by atoms with E-state index in [-0.39, 0.29) is 11.3 Å². The second-order valence-corrected chi connectivity index (χ2v) is 2.97. The molecule has 13 heavy (non-hydrogen) atoms. The molecule has 0 aliphatic carbocycles. The molecule has 0 saturated carbocycles. The van der Waals surface area contributed by atoms with Crippen LogP contribution >= 0.6 is 0 Å². The zero-order chi connectivity index (χ0) is 10.2. The summed E-state index contributed by atoms with van der Waals surface area (Å²) in [6.45, 7) is 2.71. The van der Waals surface area contributed by atoms with Gasteiger partial charge in [-0.25, -0.2) is 4.79 Å². The molecule has 0 bridgehead atoms. The monoisotopic (exact) mass is 186 g/mol. The van der Waals surface area contributed by atoms with Crippen molar-refractivity contribution in [1.29, 1.82) is 0 Å². The highest BCUT2D eigenvalue weighted by atomic mass is 16.5. The molecule has 0 aromatic carbocycles. The third-order valence-corrected chi connectivity index (χ3v) is 1.84. The van der Waals surface area contributed by atoms with E-state index < -0.39 is 17.1 Å². The number of carbonyl (C=O) groups is 1. The van der Waals surface area contributed by atoms with E-state index in [1.807, 2.05) is 5.16 Å². The zero-order valence-corrected chi connectivity index (χ0v) is 7.25. The number of H-pyrrole nitrogens is 1. The summed E-state index contributed by atoms with van der Waals surface area (Å²) in [5.74, 6) is -1.08. The van der Waals surface area contributed by atoms with Gasteiger partial charge in [0.25, 0.3) is 5.56 Å². The van der Waals surface area contributed by atoms with Crippen LogP contribution in [-0.2, 0) is 10.3 Å². The fourth-order valence-corrected chi connectivity index (χ4v) is 1.09. The molecule has 6 heteroatoms. The van der Waals surface area contributed by atoms with Crippen molar-refractivity contribution < 1.29 is 14.4 Å². The van der Waals surface area contributed by atoms with Crippen molar-refractivity contribution in [2.45, 2.75) is 19.4 Å². The lowest BCUT2D eigenvalue weighted by atomic mass is 9.94.